The Bertz CT molecular complexity index is 1480. The topological polar surface area (TPSA) is 102 Å². The van der Waals surface area contributed by atoms with Crippen LogP contribution in [0.25, 0.3) is 21.5 Å². The highest BCUT2D eigenvalue weighted by Crippen LogP contribution is 2.35. The molecule has 4 aromatic rings. The molecule has 4 heterocycles. The van der Waals surface area contributed by atoms with Gasteiger partial charge in [-0.25, -0.2) is 13.4 Å². The third kappa shape index (κ3) is 4.75. The minimum Gasteiger partial charge on any atom is -0.457 e. The molecule has 35 heavy (non-hydrogen) atoms. The van der Waals surface area contributed by atoms with E-state index >= 15 is 0 Å². The molecular formula is C24H26N6O3S2. The van der Waals surface area contributed by atoms with Crippen molar-refractivity contribution in [1.29, 1.82) is 0 Å². The first-order chi connectivity index (χ1) is 16.9. The number of benzene rings is 1. The molecule has 1 aliphatic carbocycles. The monoisotopic (exact) mass is 510 g/mol. The molecule has 9 nitrogen and oxygen atoms in total. The van der Waals surface area contributed by atoms with Crippen molar-refractivity contribution >= 4 is 36.7 Å². The van der Waals surface area contributed by atoms with Crippen molar-refractivity contribution in [2.24, 2.45) is 7.05 Å². The van der Waals surface area contributed by atoms with Crippen LogP contribution in [0.5, 0.6) is 11.5 Å². The summed E-state index contributed by atoms with van der Waals surface area (Å²) in [4.78, 5) is 9.13. The van der Waals surface area contributed by atoms with Gasteiger partial charge < -0.3 is 10.1 Å². The van der Waals surface area contributed by atoms with Crippen molar-refractivity contribution < 1.29 is 13.2 Å². The molecule has 1 aromatic carbocycles. The Kier molecular flexibility index (Phi) is 5.70. The predicted molar refractivity (Wildman–Crippen MR) is 136 cm³/mol. The summed E-state index contributed by atoms with van der Waals surface area (Å²) >= 11 is 1.55. The molecule has 1 unspecified atom stereocenters. The Morgan fingerprint density at radius 2 is 2.00 bits per heavy atom. The number of sulfonamides is 1. The molecule has 2 aliphatic rings. The maximum absolute atomic E-state index is 12.6. The summed E-state index contributed by atoms with van der Waals surface area (Å²) < 4.78 is 35.8. The largest absolute Gasteiger partial charge is 0.457 e. The van der Waals surface area contributed by atoms with Gasteiger partial charge in [0, 0.05) is 56.3 Å². The Labute approximate surface area is 207 Å². The smallest absolute Gasteiger partial charge is 0.217 e. The Hall–Kier alpha value is -3.02. The van der Waals surface area contributed by atoms with E-state index in [4.69, 9.17) is 9.72 Å². The highest BCUT2D eigenvalue weighted by molar-refractivity contribution is 7.90. The van der Waals surface area contributed by atoms with Crippen LogP contribution in [-0.2, 0) is 17.1 Å². The standard InChI is InChI=1S/C24H26N6O3S2/c1-29-14-16(13-26-29)22-11-19(8-9-25-22)33-18-4-7-21-23(12-18)34-24(28-21)27-17-3-2-10-30(15-17)35(31,32)20-5-6-20/h4,7-9,11-14,17,20H,2-3,5-6,10,15H2,1H3,(H,27,28). The zero-order valence-electron chi connectivity index (χ0n) is 19.3. The lowest BCUT2D eigenvalue weighted by Crippen LogP contribution is -2.46. The van der Waals surface area contributed by atoms with Gasteiger partial charge in [-0.3, -0.25) is 9.67 Å². The number of thiazole rings is 1. The number of piperidine rings is 1. The Morgan fingerprint density at radius 1 is 1.14 bits per heavy atom. The van der Waals surface area contributed by atoms with E-state index in [1.54, 1.807) is 32.7 Å². The molecule has 6 rings (SSSR count). The SMILES string of the molecule is Cn1cc(-c2cc(Oc3ccc4nc(NC5CCCN(S(=O)(=O)C6CC6)C5)sc4c3)ccn2)cn1. The number of hydrogen-bond acceptors (Lipinski definition) is 8. The fourth-order valence-corrected chi connectivity index (χ4v) is 7.29. The van der Waals surface area contributed by atoms with Crippen molar-refractivity contribution in [3.05, 3.63) is 48.9 Å². The zero-order valence-corrected chi connectivity index (χ0v) is 20.9. The van der Waals surface area contributed by atoms with E-state index in [-0.39, 0.29) is 11.3 Å². The van der Waals surface area contributed by atoms with Gasteiger partial charge in [0.05, 0.1) is 27.4 Å². The fraction of sp³-hybridized carbons (Fsp3) is 0.375. The van der Waals surface area contributed by atoms with Crippen LogP contribution in [0.4, 0.5) is 5.13 Å². The minimum absolute atomic E-state index is 0.0660. The molecule has 11 heteroatoms. The lowest BCUT2D eigenvalue weighted by molar-refractivity contribution is 0.326. The molecule has 182 valence electrons. The summed E-state index contributed by atoms with van der Waals surface area (Å²) in [7, 11) is -1.27. The van der Waals surface area contributed by atoms with Crippen molar-refractivity contribution in [2.45, 2.75) is 37.0 Å². The molecule has 1 saturated carbocycles. The number of aromatic nitrogens is 4. The van der Waals surface area contributed by atoms with Crippen LogP contribution in [0.15, 0.2) is 48.9 Å². The summed E-state index contributed by atoms with van der Waals surface area (Å²) in [6.07, 6.45) is 8.80. The van der Waals surface area contributed by atoms with E-state index in [1.165, 1.54) is 0 Å². The second-order valence-corrected chi connectivity index (χ2v) is 12.4. The molecule has 0 radical (unpaired) electrons. The summed E-state index contributed by atoms with van der Waals surface area (Å²) in [6.45, 7) is 1.12. The number of nitrogens with zero attached hydrogens (tertiary/aromatic N) is 5. The number of rotatable bonds is 7. The molecule has 3 aromatic heterocycles. The Morgan fingerprint density at radius 3 is 2.80 bits per heavy atom. The van der Waals surface area contributed by atoms with Gasteiger partial charge in [0.2, 0.25) is 10.0 Å². The quantitative estimate of drug-likeness (QED) is 0.396. The number of hydrogen-bond donors (Lipinski definition) is 1. The summed E-state index contributed by atoms with van der Waals surface area (Å²) in [5.74, 6) is 1.41. The maximum Gasteiger partial charge on any atom is 0.217 e. The Balaban J connectivity index is 1.16. The van der Waals surface area contributed by atoms with Crippen LogP contribution in [0.3, 0.4) is 0 Å². The van der Waals surface area contributed by atoms with Gasteiger partial charge in [0.25, 0.3) is 0 Å². The van der Waals surface area contributed by atoms with Gasteiger partial charge in [0.15, 0.2) is 5.13 Å². The molecule has 1 saturated heterocycles. The maximum atomic E-state index is 12.6. The van der Waals surface area contributed by atoms with Crippen LogP contribution < -0.4 is 10.1 Å². The van der Waals surface area contributed by atoms with Crippen molar-refractivity contribution in [1.82, 2.24) is 24.1 Å². The van der Waals surface area contributed by atoms with Crippen molar-refractivity contribution in [3.63, 3.8) is 0 Å². The number of anilines is 1. The van der Waals surface area contributed by atoms with E-state index in [0.717, 1.165) is 58.0 Å². The van der Waals surface area contributed by atoms with E-state index < -0.39 is 10.0 Å². The molecule has 2 fully saturated rings. The van der Waals surface area contributed by atoms with E-state index in [9.17, 15) is 8.42 Å². The van der Waals surface area contributed by atoms with Gasteiger partial charge >= 0.3 is 0 Å². The van der Waals surface area contributed by atoms with Crippen molar-refractivity contribution in [3.8, 4) is 22.8 Å². The molecule has 1 aliphatic heterocycles. The average molecular weight is 511 g/mol. The summed E-state index contributed by atoms with van der Waals surface area (Å²) in [5.41, 5.74) is 2.61. The fourth-order valence-electron chi connectivity index (χ4n) is 4.39. The third-order valence-corrected chi connectivity index (χ3v) is 9.66. The van der Waals surface area contributed by atoms with E-state index in [2.05, 4.69) is 15.4 Å². The molecule has 0 spiro atoms. The van der Waals surface area contributed by atoms with Crippen molar-refractivity contribution in [2.75, 3.05) is 18.4 Å². The lowest BCUT2D eigenvalue weighted by Gasteiger charge is -2.32. The summed E-state index contributed by atoms with van der Waals surface area (Å²) in [5, 5.41) is 8.31. The average Bonchev–Trinajstić information content (AvgIpc) is 3.52. The molecular weight excluding hydrogens is 484 g/mol. The number of fused-ring (bicyclic) bond motifs is 1. The van der Waals surface area contributed by atoms with Gasteiger partial charge in [-0.15, -0.1) is 0 Å². The van der Waals surface area contributed by atoms with E-state index in [1.807, 2.05) is 43.6 Å². The zero-order chi connectivity index (χ0) is 24.0. The predicted octanol–water partition coefficient (Wildman–Crippen LogP) is 4.25. The summed E-state index contributed by atoms with van der Waals surface area (Å²) in [6, 6.07) is 9.62. The number of pyridine rings is 1. The number of ether oxygens (including phenoxy) is 1. The first-order valence-corrected chi connectivity index (χ1v) is 14.0. The van der Waals surface area contributed by atoms with E-state index in [0.29, 0.717) is 18.8 Å². The highest BCUT2D eigenvalue weighted by atomic mass is 32.2. The lowest BCUT2D eigenvalue weighted by atomic mass is 10.1. The first-order valence-electron chi connectivity index (χ1n) is 11.7. The van der Waals surface area contributed by atoms with Crippen LogP contribution in [-0.4, -0.2) is 56.9 Å². The van der Waals surface area contributed by atoms with Gasteiger partial charge in [-0.1, -0.05) is 11.3 Å². The highest BCUT2D eigenvalue weighted by Gasteiger charge is 2.41. The van der Waals surface area contributed by atoms with Crippen LogP contribution in [0.2, 0.25) is 0 Å². The minimum atomic E-state index is -3.14. The third-order valence-electron chi connectivity index (χ3n) is 6.34. The van der Waals surface area contributed by atoms with Crippen LogP contribution in [0, 0.1) is 0 Å². The van der Waals surface area contributed by atoms with Gasteiger partial charge in [0.1, 0.15) is 11.5 Å². The normalized spacial score (nSPS) is 19.2. The molecule has 0 amide bonds. The second-order valence-electron chi connectivity index (χ2n) is 9.12. The van der Waals surface area contributed by atoms with Gasteiger partial charge in [-0.05, 0) is 43.9 Å². The molecule has 1 atom stereocenters. The van der Waals surface area contributed by atoms with Crippen LogP contribution >= 0.6 is 11.3 Å². The molecule has 0 bridgehead atoms. The number of nitrogens with one attached hydrogen (secondary N) is 1. The molecule has 1 N–H and O–H groups in total. The van der Waals surface area contributed by atoms with Gasteiger partial charge in [-0.2, -0.15) is 9.40 Å². The van der Waals surface area contributed by atoms with Crippen LogP contribution in [0.1, 0.15) is 25.7 Å². The first kappa shape index (κ1) is 22.4. The second kappa shape index (κ2) is 8.89. The number of aryl methyl sites for hydroxylation is 1.